The summed E-state index contributed by atoms with van der Waals surface area (Å²) in [7, 11) is -3.42. The van der Waals surface area contributed by atoms with Crippen molar-refractivity contribution in [1.29, 1.82) is 0 Å². The van der Waals surface area contributed by atoms with Crippen LogP contribution < -0.4 is 10.2 Å². The van der Waals surface area contributed by atoms with Gasteiger partial charge < -0.3 is 14.8 Å². The molecule has 0 spiro atoms. The Morgan fingerprint density at radius 2 is 1.62 bits per heavy atom. The third-order valence-electron chi connectivity index (χ3n) is 7.39. The number of amides is 2. The summed E-state index contributed by atoms with van der Waals surface area (Å²) >= 11 is 0. The molecule has 0 saturated carbocycles. The predicted molar refractivity (Wildman–Crippen MR) is 161 cm³/mol. The average molecular weight is 577 g/mol. The zero-order chi connectivity index (χ0) is 29.3. The minimum atomic E-state index is -3.42. The highest BCUT2D eigenvalue weighted by Gasteiger charge is 2.27. The van der Waals surface area contributed by atoms with Crippen LogP contribution in [-0.2, 0) is 29.5 Å². The molecule has 42 heavy (non-hydrogen) atoms. The molecular weight excluding hydrogens is 548 g/mol. The Morgan fingerprint density at radius 1 is 0.857 bits per heavy atom. The summed E-state index contributed by atoms with van der Waals surface area (Å²) in [5.41, 5.74) is 5.73. The molecule has 0 fully saturated rings. The molecule has 0 bridgehead atoms. The lowest BCUT2D eigenvalue weighted by molar-refractivity contribution is 0.0941. The summed E-state index contributed by atoms with van der Waals surface area (Å²) in [6.07, 6.45) is 4.59. The van der Waals surface area contributed by atoms with E-state index in [0.717, 1.165) is 22.5 Å². The Morgan fingerprint density at radius 3 is 2.38 bits per heavy atom. The van der Waals surface area contributed by atoms with E-state index in [4.69, 9.17) is 0 Å². The smallest absolute Gasteiger partial charge is 0.268 e. The zero-order valence-electron chi connectivity index (χ0n) is 22.9. The Labute approximate surface area is 244 Å². The molecule has 2 amide bonds. The highest BCUT2D eigenvalue weighted by atomic mass is 32.2. The van der Waals surface area contributed by atoms with Gasteiger partial charge in [-0.15, -0.1) is 0 Å². The van der Waals surface area contributed by atoms with Gasteiger partial charge in [-0.05, 0) is 59.2 Å². The highest BCUT2D eigenvalue weighted by molar-refractivity contribution is 7.90. The van der Waals surface area contributed by atoms with Gasteiger partial charge in [-0.25, -0.2) is 8.42 Å². The van der Waals surface area contributed by atoms with E-state index in [1.807, 2.05) is 47.0 Å². The number of hydrogen-bond donors (Lipinski definition) is 1. The Bertz CT molecular complexity index is 1900. The molecule has 2 aromatic heterocycles. The number of aromatic nitrogens is 2. The maximum absolute atomic E-state index is 13.9. The number of carbonyl (C=O) groups excluding carboxylic acids is 2. The Kier molecular flexibility index (Phi) is 7.18. The van der Waals surface area contributed by atoms with Crippen molar-refractivity contribution in [3.63, 3.8) is 0 Å². The lowest BCUT2D eigenvalue weighted by atomic mass is 10.0. The number of anilines is 1. The average Bonchev–Trinajstić information content (AvgIpc) is 3.32. The van der Waals surface area contributed by atoms with Crippen LogP contribution in [-0.4, -0.2) is 36.0 Å². The van der Waals surface area contributed by atoms with Gasteiger partial charge in [-0.3, -0.25) is 14.6 Å². The summed E-state index contributed by atoms with van der Waals surface area (Å²) in [5.74, 6) is -0.394. The topological polar surface area (TPSA) is 101 Å². The fourth-order valence-electron chi connectivity index (χ4n) is 5.29. The van der Waals surface area contributed by atoms with E-state index in [1.165, 1.54) is 6.26 Å². The van der Waals surface area contributed by atoms with E-state index in [-0.39, 0.29) is 23.3 Å². The van der Waals surface area contributed by atoms with Gasteiger partial charge in [0.25, 0.3) is 11.8 Å². The summed E-state index contributed by atoms with van der Waals surface area (Å²) < 4.78 is 26.6. The van der Waals surface area contributed by atoms with Gasteiger partial charge in [0.2, 0.25) is 0 Å². The number of para-hydroxylation sites is 1. The first kappa shape index (κ1) is 27.2. The Hall–Kier alpha value is -5.02. The van der Waals surface area contributed by atoms with Crippen molar-refractivity contribution < 1.29 is 18.0 Å². The van der Waals surface area contributed by atoms with Gasteiger partial charge in [0.05, 0.1) is 18.0 Å². The third-order valence-corrected chi connectivity index (χ3v) is 8.54. The molecule has 8 nitrogen and oxygen atoms in total. The van der Waals surface area contributed by atoms with Crippen molar-refractivity contribution in [1.82, 2.24) is 14.9 Å². The standard InChI is InChI=1S/C33H28N4O4S/c1-42(40,41)31-11-5-3-9-28(31)24-12-14-25(15-13-24)33(39)37-22-27-16-17-30(32(38)35-20-23-7-6-18-34-19-23)36(27)21-26-8-2-4-10-29(26)37/h2-19H,20-22H2,1H3,(H,35,38). The summed E-state index contributed by atoms with van der Waals surface area (Å²) in [5, 5.41) is 2.97. The third kappa shape index (κ3) is 5.34. The molecule has 0 saturated heterocycles. The summed E-state index contributed by atoms with van der Waals surface area (Å²) in [4.78, 5) is 33.2. The van der Waals surface area contributed by atoms with E-state index in [2.05, 4.69) is 10.3 Å². The van der Waals surface area contributed by atoms with E-state index in [1.54, 1.807) is 71.9 Å². The van der Waals surface area contributed by atoms with Crippen LogP contribution >= 0.6 is 0 Å². The maximum atomic E-state index is 13.9. The molecule has 1 aliphatic heterocycles. The number of hydrogen-bond acceptors (Lipinski definition) is 5. The largest absolute Gasteiger partial charge is 0.347 e. The van der Waals surface area contributed by atoms with Gasteiger partial charge in [0, 0.05) is 47.7 Å². The molecule has 0 unspecified atom stereocenters. The van der Waals surface area contributed by atoms with Crippen molar-refractivity contribution in [3.05, 3.63) is 138 Å². The van der Waals surface area contributed by atoms with Crippen LogP contribution in [0.1, 0.15) is 37.7 Å². The van der Waals surface area contributed by atoms with E-state index >= 15 is 0 Å². The lowest BCUT2D eigenvalue weighted by Gasteiger charge is -2.23. The zero-order valence-corrected chi connectivity index (χ0v) is 23.7. The molecule has 9 heteroatoms. The molecule has 210 valence electrons. The number of pyridine rings is 1. The number of fused-ring (bicyclic) bond motifs is 2. The van der Waals surface area contributed by atoms with Crippen LogP contribution in [0.5, 0.6) is 0 Å². The van der Waals surface area contributed by atoms with Gasteiger partial charge in [-0.1, -0.05) is 54.6 Å². The van der Waals surface area contributed by atoms with Crippen LogP contribution in [0.15, 0.2) is 114 Å². The van der Waals surface area contributed by atoms with Crippen LogP contribution in [0.2, 0.25) is 0 Å². The number of carbonyl (C=O) groups is 2. The van der Waals surface area contributed by atoms with Crippen molar-refractivity contribution in [2.24, 2.45) is 0 Å². The lowest BCUT2D eigenvalue weighted by Crippen LogP contribution is -2.30. The maximum Gasteiger partial charge on any atom is 0.268 e. The van der Waals surface area contributed by atoms with Crippen molar-refractivity contribution in [2.75, 3.05) is 11.2 Å². The normalized spacial score (nSPS) is 12.6. The fraction of sp³-hybridized carbons (Fsp3) is 0.121. The first-order chi connectivity index (χ1) is 20.3. The van der Waals surface area contributed by atoms with Gasteiger partial charge >= 0.3 is 0 Å². The van der Waals surface area contributed by atoms with Crippen LogP contribution in [0.4, 0.5) is 5.69 Å². The van der Waals surface area contributed by atoms with Crippen molar-refractivity contribution >= 4 is 27.3 Å². The van der Waals surface area contributed by atoms with Gasteiger partial charge in [-0.2, -0.15) is 0 Å². The van der Waals surface area contributed by atoms with Gasteiger partial charge in [0.15, 0.2) is 9.84 Å². The second kappa shape index (κ2) is 11.1. The molecule has 0 atom stereocenters. The predicted octanol–water partition coefficient (Wildman–Crippen LogP) is 5.09. The minimum absolute atomic E-state index is 0.192. The van der Waals surface area contributed by atoms with E-state index < -0.39 is 9.84 Å². The number of benzene rings is 3. The molecular formula is C33H28N4O4S. The van der Waals surface area contributed by atoms with E-state index in [0.29, 0.717) is 35.5 Å². The first-order valence-electron chi connectivity index (χ1n) is 13.4. The minimum Gasteiger partial charge on any atom is -0.347 e. The quantitative estimate of drug-likeness (QED) is 0.303. The summed E-state index contributed by atoms with van der Waals surface area (Å²) in [6, 6.07) is 28.9. The van der Waals surface area contributed by atoms with Gasteiger partial charge in [0.1, 0.15) is 5.69 Å². The number of rotatable bonds is 6. The number of nitrogens with one attached hydrogen (secondary N) is 1. The molecule has 1 N–H and O–H groups in total. The monoisotopic (exact) mass is 576 g/mol. The van der Waals surface area contributed by atoms with Crippen LogP contribution in [0.25, 0.3) is 11.1 Å². The second-order valence-corrected chi connectivity index (χ2v) is 12.2. The highest BCUT2D eigenvalue weighted by Crippen LogP contribution is 2.32. The molecule has 0 aliphatic carbocycles. The van der Waals surface area contributed by atoms with Crippen molar-refractivity contribution in [2.45, 2.75) is 24.5 Å². The molecule has 5 aromatic rings. The fourth-order valence-corrected chi connectivity index (χ4v) is 6.20. The molecule has 3 heterocycles. The molecule has 6 rings (SSSR count). The summed E-state index contributed by atoms with van der Waals surface area (Å²) in [6.45, 7) is 1.09. The number of sulfone groups is 1. The molecule has 1 aliphatic rings. The second-order valence-electron chi connectivity index (χ2n) is 10.2. The number of nitrogens with zero attached hydrogens (tertiary/aromatic N) is 3. The van der Waals surface area contributed by atoms with Crippen LogP contribution in [0.3, 0.4) is 0 Å². The SMILES string of the molecule is CS(=O)(=O)c1ccccc1-c1ccc(C(=O)N2Cc3ccc(C(=O)NCc4cccnc4)n3Cc3ccccc32)cc1. The molecule has 3 aromatic carbocycles. The van der Waals surface area contributed by atoms with Crippen LogP contribution in [0, 0.1) is 0 Å². The molecule has 0 radical (unpaired) electrons. The van der Waals surface area contributed by atoms with Crippen molar-refractivity contribution in [3.8, 4) is 11.1 Å². The van der Waals surface area contributed by atoms with E-state index in [9.17, 15) is 18.0 Å². The first-order valence-corrected chi connectivity index (χ1v) is 15.3. The Balaban J connectivity index is 1.29.